The molecule has 0 aliphatic heterocycles. The zero-order valence-electron chi connectivity index (χ0n) is 18.5. The van der Waals surface area contributed by atoms with Gasteiger partial charge in [-0.05, 0) is 49.6 Å². The van der Waals surface area contributed by atoms with Crippen molar-refractivity contribution in [3.05, 3.63) is 59.2 Å². The first-order valence-corrected chi connectivity index (χ1v) is 10.0. The van der Waals surface area contributed by atoms with E-state index in [-0.39, 0.29) is 30.0 Å². The van der Waals surface area contributed by atoms with Crippen LogP contribution < -0.4 is 20.1 Å². The van der Waals surface area contributed by atoms with Crippen LogP contribution in [0.25, 0.3) is 0 Å². The molecule has 0 aliphatic carbocycles. The molecule has 0 aliphatic rings. The van der Waals surface area contributed by atoms with Gasteiger partial charge in [-0.2, -0.15) is 0 Å². The van der Waals surface area contributed by atoms with Crippen LogP contribution in [0.2, 0.25) is 0 Å². The van der Waals surface area contributed by atoms with Gasteiger partial charge in [0.25, 0.3) is 0 Å². The van der Waals surface area contributed by atoms with Gasteiger partial charge in [0, 0.05) is 20.7 Å². The number of aliphatic imine (C=N–C) groups is 1. The summed E-state index contributed by atoms with van der Waals surface area (Å²) >= 11 is 0. The molecule has 1 atom stereocenters. The average molecular weight is 527 g/mol. The van der Waals surface area contributed by atoms with Gasteiger partial charge in [0.1, 0.15) is 0 Å². The Hall–Kier alpha value is -2.00. The number of hydrogen-bond acceptors (Lipinski definition) is 4. The van der Waals surface area contributed by atoms with Gasteiger partial charge in [-0.25, -0.2) is 0 Å². The molecule has 0 saturated carbocycles. The lowest BCUT2D eigenvalue weighted by molar-refractivity contribution is 0.184. The van der Waals surface area contributed by atoms with Crippen molar-refractivity contribution in [2.75, 3.05) is 27.4 Å². The highest BCUT2D eigenvalue weighted by molar-refractivity contribution is 14.0. The molecule has 1 unspecified atom stereocenters. The quantitative estimate of drug-likeness (QED) is 0.267. The fourth-order valence-electron chi connectivity index (χ4n) is 3.03. The Kier molecular flexibility index (Phi) is 12.2. The van der Waals surface area contributed by atoms with Crippen molar-refractivity contribution in [1.29, 1.82) is 0 Å². The lowest BCUT2D eigenvalue weighted by Crippen LogP contribution is -2.38. The van der Waals surface area contributed by atoms with Crippen molar-refractivity contribution in [3.8, 4) is 11.5 Å². The molecule has 0 fully saturated rings. The molecule has 0 aromatic heterocycles. The summed E-state index contributed by atoms with van der Waals surface area (Å²) in [5.74, 6) is 2.26. The van der Waals surface area contributed by atoms with Crippen molar-refractivity contribution in [1.82, 2.24) is 10.6 Å². The molecule has 30 heavy (non-hydrogen) atoms. The van der Waals surface area contributed by atoms with Gasteiger partial charge in [0.2, 0.25) is 0 Å². The molecule has 2 rings (SSSR count). The van der Waals surface area contributed by atoms with Gasteiger partial charge in [-0.1, -0.05) is 30.3 Å². The minimum Gasteiger partial charge on any atom is -0.490 e. The van der Waals surface area contributed by atoms with E-state index in [1.165, 1.54) is 11.1 Å². The zero-order valence-corrected chi connectivity index (χ0v) is 20.9. The second-order valence-electron chi connectivity index (χ2n) is 6.57. The number of nitrogens with zero attached hydrogens (tertiary/aromatic N) is 1. The molecular formula is C23H34IN3O3. The van der Waals surface area contributed by atoms with Crippen LogP contribution in [-0.4, -0.2) is 33.3 Å². The molecular weight excluding hydrogens is 493 g/mol. The number of methoxy groups -OCH3 is 1. The van der Waals surface area contributed by atoms with Gasteiger partial charge in [-0.3, -0.25) is 4.99 Å². The van der Waals surface area contributed by atoms with E-state index >= 15 is 0 Å². The molecule has 0 spiro atoms. The Labute approximate surface area is 197 Å². The van der Waals surface area contributed by atoms with Crippen LogP contribution >= 0.6 is 24.0 Å². The number of ether oxygens (including phenoxy) is 3. The van der Waals surface area contributed by atoms with Crippen molar-refractivity contribution in [3.63, 3.8) is 0 Å². The molecule has 2 aromatic carbocycles. The van der Waals surface area contributed by atoms with Crippen LogP contribution in [0.3, 0.4) is 0 Å². The van der Waals surface area contributed by atoms with Crippen molar-refractivity contribution in [2.24, 2.45) is 4.99 Å². The first-order valence-electron chi connectivity index (χ1n) is 10.0. The highest BCUT2D eigenvalue weighted by Gasteiger charge is 2.13. The maximum absolute atomic E-state index is 5.74. The molecule has 0 saturated heterocycles. The van der Waals surface area contributed by atoms with E-state index in [2.05, 4.69) is 34.7 Å². The Morgan fingerprint density at radius 1 is 1.00 bits per heavy atom. The summed E-state index contributed by atoms with van der Waals surface area (Å²) in [6, 6.07) is 14.3. The second-order valence-corrected chi connectivity index (χ2v) is 6.57. The minimum absolute atomic E-state index is 0. The number of guanidine groups is 1. The monoisotopic (exact) mass is 527 g/mol. The fraction of sp³-hybridized carbons (Fsp3) is 0.435. The van der Waals surface area contributed by atoms with Gasteiger partial charge < -0.3 is 24.8 Å². The SMILES string of the molecule is CCOc1ccc(C(C)NC(=NC)NCc2ccccc2COC)cc1OCC.I. The van der Waals surface area contributed by atoms with E-state index in [1.807, 2.05) is 44.2 Å². The topological polar surface area (TPSA) is 64.1 Å². The standard InChI is InChI=1S/C23H33N3O3.HI/c1-6-28-21-13-12-18(14-22(21)29-7-2)17(3)26-23(24-4)25-15-19-10-8-9-11-20(19)16-27-5;/h8-14,17H,6-7,15-16H2,1-5H3,(H2,24,25,26);1H. The van der Waals surface area contributed by atoms with Crippen molar-refractivity contribution < 1.29 is 14.2 Å². The molecule has 0 radical (unpaired) electrons. The van der Waals surface area contributed by atoms with Crippen LogP contribution in [-0.2, 0) is 17.9 Å². The first-order chi connectivity index (χ1) is 14.1. The van der Waals surface area contributed by atoms with E-state index in [0.29, 0.717) is 26.4 Å². The Morgan fingerprint density at radius 3 is 2.30 bits per heavy atom. The third-order valence-corrected chi connectivity index (χ3v) is 4.51. The van der Waals surface area contributed by atoms with Gasteiger partial charge in [0.15, 0.2) is 17.5 Å². The molecule has 0 heterocycles. The molecule has 2 aromatic rings. The summed E-state index contributed by atoms with van der Waals surface area (Å²) in [7, 11) is 3.48. The number of rotatable bonds is 10. The maximum Gasteiger partial charge on any atom is 0.191 e. The van der Waals surface area contributed by atoms with E-state index in [4.69, 9.17) is 14.2 Å². The van der Waals surface area contributed by atoms with E-state index in [1.54, 1.807) is 14.2 Å². The predicted octanol–water partition coefficient (Wildman–Crippen LogP) is 4.67. The van der Waals surface area contributed by atoms with Gasteiger partial charge in [-0.15, -0.1) is 24.0 Å². The normalized spacial score (nSPS) is 12.0. The number of hydrogen-bond donors (Lipinski definition) is 2. The maximum atomic E-state index is 5.74. The molecule has 6 nitrogen and oxygen atoms in total. The van der Waals surface area contributed by atoms with E-state index in [9.17, 15) is 0 Å². The molecule has 0 amide bonds. The van der Waals surface area contributed by atoms with Gasteiger partial charge in [0.05, 0.1) is 25.9 Å². The Bertz CT molecular complexity index is 799. The van der Waals surface area contributed by atoms with Crippen LogP contribution in [0.1, 0.15) is 43.5 Å². The van der Waals surface area contributed by atoms with Crippen molar-refractivity contribution in [2.45, 2.75) is 40.0 Å². The largest absolute Gasteiger partial charge is 0.490 e. The first kappa shape index (κ1) is 26.0. The minimum atomic E-state index is 0. The third kappa shape index (κ3) is 7.68. The van der Waals surface area contributed by atoms with Crippen LogP contribution in [0.4, 0.5) is 0 Å². The van der Waals surface area contributed by atoms with E-state index < -0.39 is 0 Å². The Balaban J connectivity index is 0.00000450. The number of nitrogens with one attached hydrogen (secondary N) is 2. The highest BCUT2D eigenvalue weighted by atomic mass is 127. The average Bonchev–Trinajstić information content (AvgIpc) is 2.73. The lowest BCUT2D eigenvalue weighted by atomic mass is 10.1. The molecule has 0 bridgehead atoms. The molecule has 2 N–H and O–H groups in total. The van der Waals surface area contributed by atoms with Crippen LogP contribution in [0.5, 0.6) is 11.5 Å². The number of benzene rings is 2. The summed E-state index contributed by atoms with van der Waals surface area (Å²) in [6.45, 7) is 8.48. The number of halogens is 1. The third-order valence-electron chi connectivity index (χ3n) is 4.51. The highest BCUT2D eigenvalue weighted by Crippen LogP contribution is 2.30. The summed E-state index contributed by atoms with van der Waals surface area (Å²) < 4.78 is 16.7. The predicted molar refractivity (Wildman–Crippen MR) is 133 cm³/mol. The van der Waals surface area contributed by atoms with Crippen molar-refractivity contribution >= 4 is 29.9 Å². The molecule has 7 heteroatoms. The smallest absolute Gasteiger partial charge is 0.191 e. The summed E-state index contributed by atoms with van der Waals surface area (Å²) in [6.07, 6.45) is 0. The van der Waals surface area contributed by atoms with Crippen LogP contribution in [0.15, 0.2) is 47.5 Å². The summed E-state index contributed by atoms with van der Waals surface area (Å²) in [5.41, 5.74) is 3.45. The van der Waals surface area contributed by atoms with E-state index in [0.717, 1.165) is 23.0 Å². The van der Waals surface area contributed by atoms with Crippen LogP contribution in [0, 0.1) is 0 Å². The summed E-state index contributed by atoms with van der Waals surface area (Å²) in [4.78, 5) is 4.36. The zero-order chi connectivity index (χ0) is 21.1. The summed E-state index contributed by atoms with van der Waals surface area (Å²) in [5, 5.41) is 6.82. The Morgan fingerprint density at radius 2 is 1.67 bits per heavy atom. The second kappa shape index (κ2) is 14.1. The fourth-order valence-corrected chi connectivity index (χ4v) is 3.03. The van der Waals surface area contributed by atoms with Gasteiger partial charge >= 0.3 is 0 Å². The lowest BCUT2D eigenvalue weighted by Gasteiger charge is -2.20. The molecule has 166 valence electrons.